The maximum absolute atomic E-state index is 11.4. The molecule has 0 radical (unpaired) electrons. The second-order valence-corrected chi connectivity index (χ2v) is 6.38. The van der Waals surface area contributed by atoms with Crippen molar-refractivity contribution >= 4 is 5.91 Å². The summed E-state index contributed by atoms with van der Waals surface area (Å²) in [6.07, 6.45) is 3.64. The van der Waals surface area contributed by atoms with E-state index >= 15 is 0 Å². The Bertz CT molecular complexity index is 743. The normalized spacial score (nSPS) is 14.9. The average molecular weight is 355 g/mol. The molecule has 0 atom stereocenters. The number of nitrogens with zero attached hydrogens (tertiary/aromatic N) is 2. The van der Waals surface area contributed by atoms with Crippen LogP contribution >= 0.6 is 0 Å². The van der Waals surface area contributed by atoms with Crippen molar-refractivity contribution < 1.29 is 14.3 Å². The zero-order valence-corrected chi connectivity index (χ0v) is 15.3. The molecule has 0 spiro atoms. The summed E-state index contributed by atoms with van der Waals surface area (Å²) in [5, 5.41) is 3.56. The van der Waals surface area contributed by atoms with E-state index in [2.05, 4.69) is 10.3 Å². The number of rotatable bonds is 6. The molecule has 0 saturated carbocycles. The highest BCUT2D eigenvalue weighted by molar-refractivity contribution is 5.73. The SMILES string of the molecule is COc1ccccc1Oc1ncccc1CNC1CCN(C(C)=O)CC1. The molecule has 1 amide bonds. The molecular weight excluding hydrogens is 330 g/mol. The summed E-state index contributed by atoms with van der Waals surface area (Å²) in [4.78, 5) is 17.7. The van der Waals surface area contributed by atoms with Gasteiger partial charge in [-0.3, -0.25) is 4.79 Å². The van der Waals surface area contributed by atoms with E-state index in [1.165, 1.54) is 0 Å². The van der Waals surface area contributed by atoms with E-state index in [1.807, 2.05) is 41.3 Å². The van der Waals surface area contributed by atoms with Crippen LogP contribution in [0.25, 0.3) is 0 Å². The summed E-state index contributed by atoms with van der Waals surface area (Å²) in [5.41, 5.74) is 0.993. The van der Waals surface area contributed by atoms with Crippen molar-refractivity contribution in [2.75, 3.05) is 20.2 Å². The molecule has 138 valence electrons. The number of piperidine rings is 1. The van der Waals surface area contributed by atoms with Crippen molar-refractivity contribution in [1.82, 2.24) is 15.2 Å². The molecule has 2 aromatic rings. The average Bonchev–Trinajstić information content (AvgIpc) is 2.68. The number of aromatic nitrogens is 1. The zero-order valence-electron chi connectivity index (χ0n) is 15.3. The van der Waals surface area contributed by atoms with Crippen LogP contribution in [-0.2, 0) is 11.3 Å². The van der Waals surface area contributed by atoms with Crippen molar-refractivity contribution in [2.45, 2.75) is 32.4 Å². The Morgan fingerprint density at radius 1 is 1.19 bits per heavy atom. The number of para-hydroxylation sites is 2. The Balaban J connectivity index is 1.62. The van der Waals surface area contributed by atoms with E-state index in [0.717, 1.165) is 31.5 Å². The van der Waals surface area contributed by atoms with Crippen molar-refractivity contribution in [1.29, 1.82) is 0 Å². The quantitative estimate of drug-likeness (QED) is 0.863. The van der Waals surface area contributed by atoms with Gasteiger partial charge in [-0.15, -0.1) is 0 Å². The molecule has 0 unspecified atom stereocenters. The van der Waals surface area contributed by atoms with Crippen molar-refractivity contribution in [3.05, 3.63) is 48.2 Å². The van der Waals surface area contributed by atoms with Gasteiger partial charge in [-0.05, 0) is 31.0 Å². The number of benzene rings is 1. The maximum atomic E-state index is 11.4. The molecule has 0 bridgehead atoms. The molecule has 1 saturated heterocycles. The van der Waals surface area contributed by atoms with E-state index in [1.54, 1.807) is 20.2 Å². The van der Waals surface area contributed by atoms with Gasteiger partial charge in [0.05, 0.1) is 7.11 Å². The highest BCUT2D eigenvalue weighted by Gasteiger charge is 2.20. The van der Waals surface area contributed by atoms with E-state index in [4.69, 9.17) is 9.47 Å². The van der Waals surface area contributed by atoms with Crippen LogP contribution in [-0.4, -0.2) is 42.0 Å². The predicted molar refractivity (Wildman–Crippen MR) is 99.4 cm³/mol. The van der Waals surface area contributed by atoms with E-state index in [9.17, 15) is 4.79 Å². The molecule has 1 fully saturated rings. The van der Waals surface area contributed by atoms with Crippen LogP contribution in [0.1, 0.15) is 25.3 Å². The lowest BCUT2D eigenvalue weighted by atomic mass is 10.0. The number of carbonyl (C=O) groups excluding carboxylic acids is 1. The second kappa shape index (κ2) is 8.67. The number of methoxy groups -OCH3 is 1. The van der Waals surface area contributed by atoms with Crippen molar-refractivity contribution in [3.63, 3.8) is 0 Å². The van der Waals surface area contributed by atoms with E-state index in [-0.39, 0.29) is 5.91 Å². The summed E-state index contributed by atoms with van der Waals surface area (Å²) >= 11 is 0. The predicted octanol–water partition coefficient (Wildman–Crippen LogP) is 2.98. The third-order valence-corrected chi connectivity index (χ3v) is 4.65. The summed E-state index contributed by atoms with van der Waals surface area (Å²) in [6, 6.07) is 11.8. The fraction of sp³-hybridized carbons (Fsp3) is 0.400. The smallest absolute Gasteiger partial charge is 0.223 e. The monoisotopic (exact) mass is 355 g/mol. The first-order valence-corrected chi connectivity index (χ1v) is 8.91. The van der Waals surface area contributed by atoms with Crippen LogP contribution in [0, 0.1) is 0 Å². The van der Waals surface area contributed by atoms with Crippen LogP contribution in [0.3, 0.4) is 0 Å². The van der Waals surface area contributed by atoms with Gasteiger partial charge in [0.1, 0.15) is 0 Å². The molecule has 3 rings (SSSR count). The minimum Gasteiger partial charge on any atom is -0.493 e. The molecule has 1 aliphatic rings. The molecule has 0 aliphatic carbocycles. The molecule has 6 heteroatoms. The number of carbonyl (C=O) groups is 1. The van der Waals surface area contributed by atoms with Gasteiger partial charge in [-0.2, -0.15) is 0 Å². The lowest BCUT2D eigenvalue weighted by Gasteiger charge is -2.31. The highest BCUT2D eigenvalue weighted by atomic mass is 16.5. The third kappa shape index (κ3) is 4.52. The molecule has 1 N–H and O–H groups in total. The first-order chi connectivity index (χ1) is 12.7. The zero-order chi connectivity index (χ0) is 18.4. The summed E-state index contributed by atoms with van der Waals surface area (Å²) in [7, 11) is 1.62. The largest absolute Gasteiger partial charge is 0.493 e. The lowest BCUT2D eigenvalue weighted by molar-refractivity contribution is -0.129. The minimum absolute atomic E-state index is 0.156. The molecule has 2 heterocycles. The summed E-state index contributed by atoms with van der Waals surface area (Å²) < 4.78 is 11.3. The Hall–Kier alpha value is -2.60. The molecule has 1 aromatic heterocycles. The second-order valence-electron chi connectivity index (χ2n) is 6.38. The Kier molecular flexibility index (Phi) is 6.07. The molecule has 1 aliphatic heterocycles. The summed E-state index contributed by atoms with van der Waals surface area (Å²) in [5.74, 6) is 2.05. The Morgan fingerprint density at radius 2 is 1.92 bits per heavy atom. The first kappa shape index (κ1) is 18.2. The van der Waals surface area contributed by atoms with Gasteiger partial charge in [-0.1, -0.05) is 18.2 Å². The number of amides is 1. The third-order valence-electron chi connectivity index (χ3n) is 4.65. The van der Waals surface area contributed by atoms with Crippen LogP contribution in [0.5, 0.6) is 17.4 Å². The van der Waals surface area contributed by atoms with E-state index in [0.29, 0.717) is 30.0 Å². The highest BCUT2D eigenvalue weighted by Crippen LogP contribution is 2.31. The van der Waals surface area contributed by atoms with Gasteiger partial charge >= 0.3 is 0 Å². The van der Waals surface area contributed by atoms with Gasteiger partial charge in [0.25, 0.3) is 0 Å². The lowest BCUT2D eigenvalue weighted by Crippen LogP contribution is -2.43. The minimum atomic E-state index is 0.156. The fourth-order valence-electron chi connectivity index (χ4n) is 3.11. The molecule has 26 heavy (non-hydrogen) atoms. The van der Waals surface area contributed by atoms with Gasteiger partial charge in [-0.25, -0.2) is 4.98 Å². The maximum Gasteiger partial charge on any atom is 0.223 e. The Morgan fingerprint density at radius 3 is 2.62 bits per heavy atom. The van der Waals surface area contributed by atoms with Crippen LogP contribution < -0.4 is 14.8 Å². The Labute approximate surface area is 154 Å². The van der Waals surface area contributed by atoms with Gasteiger partial charge < -0.3 is 19.7 Å². The van der Waals surface area contributed by atoms with Gasteiger partial charge in [0.2, 0.25) is 11.8 Å². The molecule has 1 aromatic carbocycles. The fourth-order valence-corrected chi connectivity index (χ4v) is 3.11. The van der Waals surface area contributed by atoms with Crippen LogP contribution in [0.2, 0.25) is 0 Å². The number of pyridine rings is 1. The number of hydrogen-bond donors (Lipinski definition) is 1. The van der Waals surface area contributed by atoms with Crippen molar-refractivity contribution in [2.24, 2.45) is 0 Å². The number of likely N-dealkylation sites (tertiary alicyclic amines) is 1. The standard InChI is InChI=1S/C20H25N3O3/c1-15(24)23-12-9-17(10-13-23)22-14-16-6-5-11-21-20(16)26-19-8-4-3-7-18(19)25-2/h3-8,11,17,22H,9-10,12-14H2,1-2H3. The van der Waals surface area contributed by atoms with E-state index < -0.39 is 0 Å². The topological polar surface area (TPSA) is 63.7 Å². The van der Waals surface area contributed by atoms with Crippen LogP contribution in [0.15, 0.2) is 42.6 Å². The number of ether oxygens (including phenoxy) is 2. The number of nitrogens with one attached hydrogen (secondary N) is 1. The van der Waals surface area contributed by atoms with Gasteiger partial charge in [0.15, 0.2) is 11.5 Å². The van der Waals surface area contributed by atoms with Crippen LogP contribution in [0.4, 0.5) is 0 Å². The number of hydrogen-bond acceptors (Lipinski definition) is 5. The van der Waals surface area contributed by atoms with Gasteiger partial charge in [0, 0.05) is 44.4 Å². The first-order valence-electron chi connectivity index (χ1n) is 8.91. The molecule has 6 nitrogen and oxygen atoms in total. The summed E-state index contributed by atoms with van der Waals surface area (Å²) in [6.45, 7) is 3.92. The van der Waals surface area contributed by atoms with Crippen molar-refractivity contribution in [3.8, 4) is 17.4 Å². The molecular formula is C20H25N3O3.